The summed E-state index contributed by atoms with van der Waals surface area (Å²) in [6.07, 6.45) is 0. The second-order valence-corrected chi connectivity index (χ2v) is 8.43. The van der Waals surface area contributed by atoms with Gasteiger partial charge in [-0.2, -0.15) is 0 Å². The number of aryl methyl sites for hydroxylation is 1. The average Bonchev–Trinajstić information content (AvgIpc) is 3.07. The van der Waals surface area contributed by atoms with E-state index in [9.17, 15) is 4.79 Å². The smallest absolute Gasteiger partial charge is 0.246 e. The van der Waals surface area contributed by atoms with E-state index in [4.69, 9.17) is 16.3 Å². The van der Waals surface area contributed by atoms with E-state index in [1.54, 1.807) is 7.11 Å². The maximum atomic E-state index is 13.3. The van der Waals surface area contributed by atoms with Gasteiger partial charge in [0.15, 0.2) is 0 Å². The summed E-state index contributed by atoms with van der Waals surface area (Å²) in [7, 11) is 3.54. The molecule has 0 aliphatic heterocycles. The Kier molecular flexibility index (Phi) is 6.73. The van der Waals surface area contributed by atoms with E-state index < -0.39 is 6.04 Å². The van der Waals surface area contributed by atoms with Crippen LogP contribution < -0.4 is 10.1 Å². The molecule has 6 heteroatoms. The lowest BCUT2D eigenvalue weighted by Gasteiger charge is -2.27. The molecule has 1 amide bonds. The zero-order valence-corrected chi connectivity index (χ0v) is 17.7. The number of thiophene rings is 1. The molecule has 1 heterocycles. The van der Waals surface area contributed by atoms with Gasteiger partial charge in [0.05, 0.1) is 17.1 Å². The number of ether oxygens (including phenoxy) is 1. The lowest BCUT2D eigenvalue weighted by molar-refractivity contribution is -0.121. The molecule has 0 spiro atoms. The quantitative estimate of drug-likeness (QED) is 0.552. The van der Waals surface area contributed by atoms with Crippen LogP contribution in [0, 0.1) is 6.92 Å². The molecule has 0 aliphatic carbocycles. The van der Waals surface area contributed by atoms with Gasteiger partial charge in [0.1, 0.15) is 11.8 Å². The summed E-state index contributed by atoms with van der Waals surface area (Å²) >= 11 is 7.59. The van der Waals surface area contributed by atoms with E-state index in [2.05, 4.69) is 5.32 Å². The molecule has 2 aromatic carbocycles. The van der Waals surface area contributed by atoms with Gasteiger partial charge in [-0.05, 0) is 49.4 Å². The number of amides is 1. The number of benzene rings is 2. The Morgan fingerprint density at radius 2 is 1.93 bits per heavy atom. The zero-order chi connectivity index (χ0) is 20.1. The number of rotatable bonds is 7. The van der Waals surface area contributed by atoms with Crippen molar-refractivity contribution >= 4 is 34.5 Å². The van der Waals surface area contributed by atoms with Gasteiger partial charge in [0, 0.05) is 11.4 Å². The Bertz CT molecular complexity index is 943. The molecule has 1 atom stereocenters. The molecule has 0 fully saturated rings. The fraction of sp³-hybridized carbons (Fsp3) is 0.227. The summed E-state index contributed by atoms with van der Waals surface area (Å²) in [5, 5.41) is 3.04. The van der Waals surface area contributed by atoms with Crippen molar-refractivity contribution in [3.63, 3.8) is 0 Å². The molecule has 1 N–H and O–H groups in total. The molecule has 0 unspecified atom stereocenters. The van der Waals surface area contributed by atoms with Crippen LogP contribution in [0.5, 0.6) is 5.75 Å². The van der Waals surface area contributed by atoms with Crippen LogP contribution in [0.3, 0.4) is 0 Å². The monoisotopic (exact) mass is 414 g/mol. The van der Waals surface area contributed by atoms with Crippen molar-refractivity contribution < 1.29 is 9.53 Å². The van der Waals surface area contributed by atoms with Gasteiger partial charge < -0.3 is 10.1 Å². The van der Waals surface area contributed by atoms with Gasteiger partial charge in [-0.15, -0.1) is 11.3 Å². The highest BCUT2D eigenvalue weighted by Gasteiger charge is 2.26. The Morgan fingerprint density at radius 1 is 1.18 bits per heavy atom. The first-order valence-corrected chi connectivity index (χ1v) is 10.1. The number of hydrogen-bond donors (Lipinski definition) is 1. The van der Waals surface area contributed by atoms with Gasteiger partial charge in [0.2, 0.25) is 5.91 Å². The predicted octanol–water partition coefficient (Wildman–Crippen LogP) is 5.53. The van der Waals surface area contributed by atoms with Gasteiger partial charge in [-0.1, -0.05) is 48.0 Å². The average molecular weight is 415 g/mol. The summed E-state index contributed by atoms with van der Waals surface area (Å²) in [5.41, 5.74) is 2.65. The Balaban J connectivity index is 1.88. The van der Waals surface area contributed by atoms with Crippen molar-refractivity contribution in [1.29, 1.82) is 0 Å². The van der Waals surface area contributed by atoms with E-state index in [0.717, 1.165) is 20.3 Å². The molecule has 28 heavy (non-hydrogen) atoms. The van der Waals surface area contributed by atoms with Crippen molar-refractivity contribution in [2.24, 2.45) is 0 Å². The van der Waals surface area contributed by atoms with Gasteiger partial charge in [0.25, 0.3) is 0 Å². The number of nitrogens with zero attached hydrogens (tertiary/aromatic N) is 1. The van der Waals surface area contributed by atoms with Crippen LogP contribution in [-0.4, -0.2) is 25.0 Å². The molecule has 4 nitrogen and oxygen atoms in total. The molecule has 0 radical (unpaired) electrons. The summed E-state index contributed by atoms with van der Waals surface area (Å²) in [4.78, 5) is 16.4. The molecular weight excluding hydrogens is 392 g/mol. The number of likely N-dealkylation sites (N-methyl/N-ethyl adjacent to an activating group) is 1. The van der Waals surface area contributed by atoms with Gasteiger partial charge in [-0.25, -0.2) is 0 Å². The van der Waals surface area contributed by atoms with Crippen molar-refractivity contribution in [2.45, 2.75) is 19.5 Å². The van der Waals surface area contributed by atoms with Crippen LogP contribution in [0.2, 0.25) is 4.34 Å². The Labute approximate surface area is 174 Å². The second kappa shape index (κ2) is 9.24. The number of nitrogens with one attached hydrogen (secondary N) is 1. The molecule has 0 aliphatic rings. The highest BCUT2D eigenvalue weighted by molar-refractivity contribution is 7.16. The van der Waals surface area contributed by atoms with E-state index >= 15 is 0 Å². The van der Waals surface area contributed by atoms with Crippen LogP contribution in [0.15, 0.2) is 60.7 Å². The van der Waals surface area contributed by atoms with Crippen LogP contribution in [-0.2, 0) is 11.3 Å². The molecule has 0 bridgehead atoms. The SMILES string of the molecule is COc1ccc(C)cc1NC(=O)[C@H](c1ccccc1)N(C)Cc1ccc(Cl)s1. The van der Waals surface area contributed by atoms with E-state index in [1.165, 1.54) is 11.3 Å². The first-order chi connectivity index (χ1) is 13.5. The molecule has 0 saturated carbocycles. The van der Waals surface area contributed by atoms with Crippen molar-refractivity contribution in [3.05, 3.63) is 81.0 Å². The normalized spacial score (nSPS) is 12.0. The first-order valence-electron chi connectivity index (χ1n) is 8.93. The van der Waals surface area contributed by atoms with Gasteiger partial charge in [-0.3, -0.25) is 9.69 Å². The van der Waals surface area contributed by atoms with Crippen LogP contribution in [0.4, 0.5) is 5.69 Å². The van der Waals surface area contributed by atoms with E-state index in [1.807, 2.05) is 79.5 Å². The zero-order valence-electron chi connectivity index (χ0n) is 16.1. The largest absolute Gasteiger partial charge is 0.495 e. The summed E-state index contributed by atoms with van der Waals surface area (Å²) in [6, 6.07) is 18.9. The number of halogens is 1. The third-order valence-electron chi connectivity index (χ3n) is 4.45. The minimum absolute atomic E-state index is 0.111. The highest BCUT2D eigenvalue weighted by atomic mass is 35.5. The first kappa shape index (κ1) is 20.4. The van der Waals surface area contributed by atoms with Crippen molar-refractivity contribution in [2.75, 3.05) is 19.5 Å². The predicted molar refractivity (Wildman–Crippen MR) is 116 cm³/mol. The summed E-state index contributed by atoms with van der Waals surface area (Å²) in [6.45, 7) is 2.60. The number of hydrogen-bond acceptors (Lipinski definition) is 4. The standard InChI is InChI=1S/C22H23ClN2O2S/c1-15-9-11-19(27-3)18(13-15)24-22(26)21(16-7-5-4-6-8-16)25(2)14-17-10-12-20(23)28-17/h4-13,21H,14H2,1-3H3,(H,24,26)/t21-/m0/s1. The lowest BCUT2D eigenvalue weighted by Crippen LogP contribution is -2.34. The van der Waals surface area contributed by atoms with Crippen LogP contribution >= 0.6 is 22.9 Å². The fourth-order valence-corrected chi connectivity index (χ4v) is 4.29. The van der Waals surface area contributed by atoms with Crippen molar-refractivity contribution in [1.82, 2.24) is 4.90 Å². The molecule has 0 saturated heterocycles. The molecule has 146 valence electrons. The molecule has 3 aromatic rings. The summed E-state index contributed by atoms with van der Waals surface area (Å²) in [5.74, 6) is 0.527. The molecular formula is C22H23ClN2O2S. The van der Waals surface area contributed by atoms with Crippen LogP contribution in [0.1, 0.15) is 22.0 Å². The van der Waals surface area contributed by atoms with E-state index in [-0.39, 0.29) is 5.91 Å². The Hall–Kier alpha value is -2.34. The minimum atomic E-state index is -0.452. The second-order valence-electron chi connectivity index (χ2n) is 6.63. The topological polar surface area (TPSA) is 41.6 Å². The van der Waals surface area contributed by atoms with Gasteiger partial charge >= 0.3 is 0 Å². The van der Waals surface area contributed by atoms with E-state index in [0.29, 0.717) is 18.0 Å². The molecule has 3 rings (SSSR count). The van der Waals surface area contributed by atoms with Crippen molar-refractivity contribution in [3.8, 4) is 5.75 Å². The number of carbonyl (C=O) groups excluding carboxylic acids is 1. The molecule has 1 aromatic heterocycles. The Morgan fingerprint density at radius 3 is 2.57 bits per heavy atom. The highest BCUT2D eigenvalue weighted by Crippen LogP contribution is 2.30. The third kappa shape index (κ3) is 4.93. The van der Waals surface area contributed by atoms with Crippen LogP contribution in [0.25, 0.3) is 0 Å². The minimum Gasteiger partial charge on any atom is -0.495 e. The maximum absolute atomic E-state index is 13.3. The third-order valence-corrected chi connectivity index (χ3v) is 5.67. The number of methoxy groups -OCH3 is 1. The number of carbonyl (C=O) groups is 1. The lowest BCUT2D eigenvalue weighted by atomic mass is 10.0. The maximum Gasteiger partial charge on any atom is 0.246 e. The summed E-state index contributed by atoms with van der Waals surface area (Å²) < 4.78 is 6.15. The number of anilines is 1. The fourth-order valence-electron chi connectivity index (χ4n) is 3.14.